The van der Waals surface area contributed by atoms with Gasteiger partial charge >= 0.3 is 18.9 Å². The van der Waals surface area contributed by atoms with Crippen LogP contribution in [0.15, 0.2) is 36.0 Å². The third-order valence-corrected chi connectivity index (χ3v) is 2.43. The second-order valence-corrected chi connectivity index (χ2v) is 3.39. The number of nitrogens with zero attached hydrogens (tertiary/aromatic N) is 1. The maximum Gasteiger partial charge on any atom is 1.00 e. The Labute approximate surface area is 98.2 Å². The number of ketones is 1. The van der Waals surface area contributed by atoms with Crippen molar-refractivity contribution in [3.05, 3.63) is 52.5 Å². The smallest absolute Gasteiger partial charge is 0.309 e. The zero-order chi connectivity index (χ0) is 9.10. The predicted octanol–water partition coefficient (Wildman–Crippen LogP) is -0.822. The third-order valence-electron chi connectivity index (χ3n) is 1.62. The summed E-state index contributed by atoms with van der Waals surface area (Å²) in [6.07, 6.45) is 3.22. The fourth-order valence-electron chi connectivity index (χ4n) is 1.000. The van der Waals surface area contributed by atoms with E-state index in [1.54, 1.807) is 36.0 Å². The monoisotopic (exact) mass is 195 g/mol. The van der Waals surface area contributed by atoms with Crippen molar-refractivity contribution in [3.8, 4) is 0 Å². The standard InChI is InChI=1S/C10H6NOS.Li/c12-10(9-4-2-6-13-9)8-3-1-5-11-7-8;/h1,3-7H;/q-1;+1. The van der Waals surface area contributed by atoms with E-state index in [1.165, 1.54) is 11.3 Å². The molecule has 0 fully saturated rings. The molecule has 0 amide bonds. The molecule has 0 spiro atoms. The summed E-state index contributed by atoms with van der Waals surface area (Å²) in [5.41, 5.74) is 0.623. The van der Waals surface area contributed by atoms with Gasteiger partial charge in [-0.3, -0.25) is 16.3 Å². The van der Waals surface area contributed by atoms with Gasteiger partial charge in [0.15, 0.2) is 0 Å². The van der Waals surface area contributed by atoms with Gasteiger partial charge in [-0.2, -0.15) is 0 Å². The molecule has 2 nitrogen and oxygen atoms in total. The van der Waals surface area contributed by atoms with E-state index >= 15 is 0 Å². The summed E-state index contributed by atoms with van der Waals surface area (Å²) in [6.45, 7) is 0. The normalized spacial score (nSPS) is 9.14. The summed E-state index contributed by atoms with van der Waals surface area (Å²) < 4.78 is 0. The van der Waals surface area contributed by atoms with Crippen molar-refractivity contribution in [3.63, 3.8) is 0 Å². The van der Waals surface area contributed by atoms with Crippen LogP contribution in [0, 0.1) is 6.07 Å². The van der Waals surface area contributed by atoms with Crippen molar-refractivity contribution in [2.45, 2.75) is 0 Å². The minimum Gasteiger partial charge on any atom is -0.309 e. The Morgan fingerprint density at radius 2 is 2.36 bits per heavy atom. The van der Waals surface area contributed by atoms with Crippen LogP contribution in [0.5, 0.6) is 0 Å². The first kappa shape index (κ1) is 11.2. The molecule has 0 aliphatic heterocycles. The number of carbonyl (C=O) groups excluding carboxylic acids is 1. The third kappa shape index (κ3) is 2.33. The minimum absolute atomic E-state index is 0. The van der Waals surface area contributed by atoms with Crippen molar-refractivity contribution in [2.75, 3.05) is 0 Å². The zero-order valence-electron chi connectivity index (χ0n) is 7.73. The van der Waals surface area contributed by atoms with Gasteiger partial charge < -0.3 is 4.79 Å². The molecule has 2 aromatic heterocycles. The molecule has 4 heteroatoms. The van der Waals surface area contributed by atoms with E-state index in [-0.39, 0.29) is 24.6 Å². The largest absolute Gasteiger partial charge is 1.00 e. The van der Waals surface area contributed by atoms with Gasteiger partial charge in [0.1, 0.15) is 5.78 Å². The zero-order valence-corrected chi connectivity index (χ0v) is 8.54. The summed E-state index contributed by atoms with van der Waals surface area (Å²) in [6, 6.07) is 8.07. The molecule has 0 radical (unpaired) electrons. The van der Waals surface area contributed by atoms with Crippen molar-refractivity contribution >= 4 is 17.1 Å². The van der Waals surface area contributed by atoms with Gasteiger partial charge in [-0.15, -0.1) is 5.38 Å². The Bertz CT molecular complexity index is 399. The van der Waals surface area contributed by atoms with Crippen molar-refractivity contribution in [2.24, 2.45) is 0 Å². The van der Waals surface area contributed by atoms with Gasteiger partial charge in [0.2, 0.25) is 0 Å². The molecule has 0 aliphatic rings. The molecule has 2 rings (SSSR count). The molecule has 0 bridgehead atoms. The van der Waals surface area contributed by atoms with Crippen molar-refractivity contribution < 1.29 is 23.7 Å². The Hall–Kier alpha value is -0.883. The molecule has 0 aromatic carbocycles. The van der Waals surface area contributed by atoms with Crippen LogP contribution in [0.3, 0.4) is 0 Å². The van der Waals surface area contributed by atoms with Gasteiger partial charge in [0, 0.05) is 18.0 Å². The van der Waals surface area contributed by atoms with E-state index in [2.05, 4.69) is 11.1 Å². The minimum atomic E-state index is 0. The summed E-state index contributed by atoms with van der Waals surface area (Å²) in [5.74, 6) is 0.0133. The molecule has 64 valence electrons. The Kier molecular flexibility index (Phi) is 4.09. The molecular formula is C10H6LiNOS. The first-order valence-corrected chi connectivity index (χ1v) is 4.65. The fraction of sp³-hybridized carbons (Fsp3) is 0. The van der Waals surface area contributed by atoms with Crippen molar-refractivity contribution in [1.82, 2.24) is 4.98 Å². The van der Waals surface area contributed by atoms with Gasteiger partial charge in [-0.25, -0.2) is 12.1 Å². The van der Waals surface area contributed by atoms with E-state index in [1.807, 2.05) is 0 Å². The molecular weight excluding hydrogens is 189 g/mol. The van der Waals surface area contributed by atoms with E-state index in [9.17, 15) is 4.79 Å². The second kappa shape index (κ2) is 5.11. The van der Waals surface area contributed by atoms with Gasteiger partial charge in [-0.1, -0.05) is 4.88 Å². The molecule has 0 saturated carbocycles. The number of hydrogen-bond acceptors (Lipinski definition) is 3. The summed E-state index contributed by atoms with van der Waals surface area (Å²) in [7, 11) is 0. The molecule has 0 aliphatic carbocycles. The number of rotatable bonds is 2. The van der Waals surface area contributed by atoms with Crippen LogP contribution < -0.4 is 18.9 Å². The first-order chi connectivity index (χ1) is 6.38. The maximum absolute atomic E-state index is 11.7. The molecule has 0 unspecified atom stereocenters. The quantitative estimate of drug-likeness (QED) is 0.356. The van der Waals surface area contributed by atoms with E-state index in [0.717, 1.165) is 0 Å². The predicted molar refractivity (Wildman–Crippen MR) is 50.8 cm³/mol. The fourth-order valence-corrected chi connectivity index (χ4v) is 1.62. The van der Waals surface area contributed by atoms with Crippen molar-refractivity contribution in [1.29, 1.82) is 0 Å². The van der Waals surface area contributed by atoms with Gasteiger partial charge in [0.25, 0.3) is 0 Å². The van der Waals surface area contributed by atoms with Crippen LogP contribution in [0.2, 0.25) is 0 Å². The average molecular weight is 195 g/mol. The number of pyridine rings is 1. The van der Waals surface area contributed by atoms with Crippen LogP contribution in [0.25, 0.3) is 0 Å². The van der Waals surface area contributed by atoms with E-state index < -0.39 is 0 Å². The van der Waals surface area contributed by atoms with Crippen LogP contribution in [0.1, 0.15) is 15.2 Å². The molecule has 0 atom stereocenters. The Balaban J connectivity index is 0.000000980. The van der Waals surface area contributed by atoms with Crippen LogP contribution in [-0.2, 0) is 0 Å². The van der Waals surface area contributed by atoms with E-state index in [0.29, 0.717) is 10.4 Å². The SMILES string of the molecule is O=C(c1cccnc1)c1c[c-]cs1.[Li+]. The molecule has 2 aromatic rings. The van der Waals surface area contributed by atoms with Gasteiger partial charge in [0.05, 0.1) is 0 Å². The molecule has 0 N–H and O–H groups in total. The average Bonchev–Trinajstić information content (AvgIpc) is 2.71. The Morgan fingerprint density at radius 1 is 1.50 bits per heavy atom. The summed E-state index contributed by atoms with van der Waals surface area (Å²) >= 11 is 1.39. The van der Waals surface area contributed by atoms with Crippen LogP contribution in [-0.4, -0.2) is 10.8 Å². The number of aromatic nitrogens is 1. The first-order valence-electron chi connectivity index (χ1n) is 3.77. The van der Waals surface area contributed by atoms with Gasteiger partial charge in [-0.05, 0) is 12.1 Å². The number of thiophene rings is 1. The molecule has 14 heavy (non-hydrogen) atoms. The molecule has 2 heterocycles. The maximum atomic E-state index is 11.7. The van der Waals surface area contributed by atoms with Crippen LogP contribution in [0.4, 0.5) is 0 Å². The second-order valence-electron chi connectivity index (χ2n) is 2.48. The summed E-state index contributed by atoms with van der Waals surface area (Å²) in [4.78, 5) is 16.2. The number of carbonyl (C=O) groups is 1. The van der Waals surface area contributed by atoms with Crippen LogP contribution >= 0.6 is 11.3 Å². The topological polar surface area (TPSA) is 30.0 Å². The Morgan fingerprint density at radius 3 is 2.93 bits per heavy atom. The van der Waals surface area contributed by atoms with E-state index in [4.69, 9.17) is 0 Å². The summed E-state index contributed by atoms with van der Waals surface area (Å²) in [5, 5.41) is 1.77. The number of hydrogen-bond donors (Lipinski definition) is 0. The molecule has 0 saturated heterocycles.